The van der Waals surface area contributed by atoms with Crippen molar-refractivity contribution in [3.05, 3.63) is 60.7 Å². The Balaban J connectivity index is 1.87. The first-order chi connectivity index (χ1) is 13.2. The molecule has 0 amide bonds. The predicted octanol–water partition coefficient (Wildman–Crippen LogP) is 4.45. The monoisotopic (exact) mass is 355 g/mol. The molecule has 0 aliphatic carbocycles. The number of para-hydroxylation sites is 2. The fourth-order valence-corrected chi connectivity index (χ4v) is 3.65. The van der Waals surface area contributed by atoms with Gasteiger partial charge in [-0.15, -0.1) is 0 Å². The SMILES string of the molecule is CCOC(=O)Cn1c2ccccc2nc2cc3cc4ccccc4c3nc21. The van der Waals surface area contributed by atoms with Crippen molar-refractivity contribution in [2.75, 3.05) is 6.61 Å². The van der Waals surface area contributed by atoms with Crippen LogP contribution in [0.5, 0.6) is 0 Å². The summed E-state index contributed by atoms with van der Waals surface area (Å²) < 4.78 is 7.08. The van der Waals surface area contributed by atoms with E-state index in [1.165, 1.54) is 0 Å². The van der Waals surface area contributed by atoms with Crippen LogP contribution in [0.3, 0.4) is 0 Å². The first-order valence-corrected chi connectivity index (χ1v) is 8.97. The lowest BCUT2D eigenvalue weighted by atomic mass is 10.2. The van der Waals surface area contributed by atoms with Crippen LogP contribution in [0.15, 0.2) is 60.7 Å². The Morgan fingerprint density at radius 1 is 0.963 bits per heavy atom. The molecule has 2 aromatic heterocycles. The van der Waals surface area contributed by atoms with E-state index in [0.29, 0.717) is 12.3 Å². The van der Waals surface area contributed by atoms with E-state index in [0.717, 1.165) is 38.2 Å². The minimum absolute atomic E-state index is 0.102. The maximum atomic E-state index is 12.2. The second-order valence-electron chi connectivity index (χ2n) is 6.49. The number of carbonyl (C=O) groups is 1. The van der Waals surface area contributed by atoms with Crippen LogP contribution in [0.25, 0.3) is 43.9 Å². The second kappa shape index (κ2) is 6.06. The van der Waals surface area contributed by atoms with Crippen molar-refractivity contribution in [1.29, 1.82) is 0 Å². The van der Waals surface area contributed by atoms with Crippen molar-refractivity contribution in [3.63, 3.8) is 0 Å². The van der Waals surface area contributed by atoms with Gasteiger partial charge in [-0.25, -0.2) is 9.97 Å². The highest BCUT2D eigenvalue weighted by molar-refractivity contribution is 6.12. The van der Waals surface area contributed by atoms with Crippen LogP contribution in [0.4, 0.5) is 0 Å². The first-order valence-electron chi connectivity index (χ1n) is 8.97. The summed E-state index contributed by atoms with van der Waals surface area (Å²) in [6.07, 6.45) is 0. The van der Waals surface area contributed by atoms with Gasteiger partial charge >= 0.3 is 5.97 Å². The predicted molar refractivity (Wildman–Crippen MR) is 107 cm³/mol. The van der Waals surface area contributed by atoms with Crippen LogP contribution in [-0.2, 0) is 16.1 Å². The van der Waals surface area contributed by atoms with Gasteiger partial charge in [-0.1, -0.05) is 36.4 Å². The van der Waals surface area contributed by atoms with E-state index in [4.69, 9.17) is 14.7 Å². The highest BCUT2D eigenvalue weighted by Gasteiger charge is 2.15. The third-order valence-electron chi connectivity index (χ3n) is 4.80. The van der Waals surface area contributed by atoms with Crippen LogP contribution in [0.2, 0.25) is 0 Å². The Hall–Kier alpha value is -3.47. The summed E-state index contributed by atoms with van der Waals surface area (Å²) in [6.45, 7) is 2.26. The quantitative estimate of drug-likeness (QED) is 0.354. The molecule has 0 atom stereocenters. The molecular weight excluding hydrogens is 338 g/mol. The third kappa shape index (κ3) is 2.51. The topological polar surface area (TPSA) is 57.0 Å². The lowest BCUT2D eigenvalue weighted by Gasteiger charge is -2.13. The van der Waals surface area contributed by atoms with Gasteiger partial charge in [-0.2, -0.15) is 0 Å². The molecule has 3 aromatic carbocycles. The van der Waals surface area contributed by atoms with Crippen LogP contribution in [0.1, 0.15) is 6.92 Å². The van der Waals surface area contributed by atoms with Crippen LogP contribution in [0, 0.1) is 0 Å². The number of benzene rings is 2. The lowest BCUT2D eigenvalue weighted by Crippen LogP contribution is -2.16. The van der Waals surface area contributed by atoms with Gasteiger partial charge in [0.05, 0.1) is 23.2 Å². The number of hydrogen-bond donors (Lipinski definition) is 0. The molecule has 27 heavy (non-hydrogen) atoms. The molecule has 5 rings (SSSR count). The van der Waals surface area contributed by atoms with E-state index in [2.05, 4.69) is 18.2 Å². The molecule has 0 N–H and O–H groups in total. The molecule has 0 bridgehead atoms. The van der Waals surface area contributed by atoms with E-state index in [-0.39, 0.29) is 12.5 Å². The normalized spacial score (nSPS) is 11.6. The number of carbonyl (C=O) groups excluding carboxylic acids is 1. The molecule has 2 heterocycles. The molecule has 0 spiro atoms. The van der Waals surface area contributed by atoms with E-state index < -0.39 is 0 Å². The van der Waals surface area contributed by atoms with Gasteiger partial charge in [0, 0.05) is 10.8 Å². The summed E-state index contributed by atoms with van der Waals surface area (Å²) in [6, 6.07) is 20.1. The highest BCUT2D eigenvalue weighted by Crippen LogP contribution is 2.30. The van der Waals surface area contributed by atoms with Crippen molar-refractivity contribution in [1.82, 2.24) is 14.5 Å². The molecule has 0 fully saturated rings. The maximum absolute atomic E-state index is 12.2. The van der Waals surface area contributed by atoms with Gasteiger partial charge in [0.25, 0.3) is 0 Å². The Morgan fingerprint density at radius 2 is 1.78 bits per heavy atom. The number of ether oxygens (including phenoxy) is 1. The molecule has 0 saturated carbocycles. The van der Waals surface area contributed by atoms with Crippen molar-refractivity contribution in [2.24, 2.45) is 0 Å². The van der Waals surface area contributed by atoms with E-state index in [1.807, 2.05) is 54.0 Å². The summed E-state index contributed by atoms with van der Waals surface area (Å²) in [5.41, 5.74) is 4.06. The third-order valence-corrected chi connectivity index (χ3v) is 4.80. The van der Waals surface area contributed by atoms with Gasteiger partial charge in [-0.3, -0.25) is 4.79 Å². The summed E-state index contributed by atoms with van der Waals surface area (Å²) in [4.78, 5) is 21.9. The average molecular weight is 355 g/mol. The second-order valence-corrected chi connectivity index (χ2v) is 6.49. The molecule has 0 radical (unpaired) electrons. The Morgan fingerprint density at radius 3 is 2.67 bits per heavy atom. The number of esters is 1. The standard InChI is InChI=1S/C22H17N3O2/c1-2-27-20(26)13-25-19-10-6-5-9-17(19)23-18-12-15-11-14-7-3-4-8-16(14)21(15)24-22(18)25/h3-12H,2,13H2,1H3. The number of hydrogen-bond acceptors (Lipinski definition) is 4. The zero-order valence-corrected chi connectivity index (χ0v) is 14.8. The van der Waals surface area contributed by atoms with Gasteiger partial charge in [0.2, 0.25) is 0 Å². The zero-order valence-electron chi connectivity index (χ0n) is 14.8. The van der Waals surface area contributed by atoms with Gasteiger partial charge in [0.1, 0.15) is 12.1 Å². The fourth-order valence-electron chi connectivity index (χ4n) is 3.65. The molecule has 0 aliphatic heterocycles. The number of pyridine rings is 1. The number of nitrogens with zero attached hydrogens (tertiary/aromatic N) is 3. The zero-order chi connectivity index (χ0) is 18.4. The van der Waals surface area contributed by atoms with Gasteiger partial charge < -0.3 is 9.30 Å². The molecular formula is C22H17N3O2. The van der Waals surface area contributed by atoms with Crippen LogP contribution in [-0.4, -0.2) is 27.1 Å². The summed E-state index contributed by atoms with van der Waals surface area (Å²) in [7, 11) is 0. The highest BCUT2D eigenvalue weighted by atomic mass is 16.5. The molecule has 0 aliphatic rings. The minimum atomic E-state index is -0.283. The summed E-state index contributed by atoms with van der Waals surface area (Å²) >= 11 is 0. The van der Waals surface area contributed by atoms with Crippen LogP contribution >= 0.6 is 0 Å². The van der Waals surface area contributed by atoms with Crippen molar-refractivity contribution in [3.8, 4) is 0 Å². The van der Waals surface area contributed by atoms with Crippen molar-refractivity contribution >= 4 is 49.8 Å². The largest absolute Gasteiger partial charge is 0.465 e. The Bertz CT molecular complexity index is 1340. The summed E-state index contributed by atoms with van der Waals surface area (Å²) in [5, 5.41) is 3.30. The lowest BCUT2D eigenvalue weighted by molar-refractivity contribution is -0.143. The molecule has 132 valence electrons. The Kier molecular flexibility index (Phi) is 3.53. The fraction of sp³-hybridized carbons (Fsp3) is 0.136. The average Bonchev–Trinajstić information content (AvgIpc) is 3.04. The first kappa shape index (κ1) is 15.8. The molecule has 0 saturated heterocycles. The van der Waals surface area contributed by atoms with Gasteiger partial charge in [0.15, 0.2) is 5.65 Å². The number of aromatic nitrogens is 3. The molecule has 0 unspecified atom stereocenters. The molecule has 5 heteroatoms. The molecule has 5 nitrogen and oxygen atoms in total. The van der Waals surface area contributed by atoms with Crippen molar-refractivity contribution < 1.29 is 9.53 Å². The number of fused-ring (bicyclic) bond motifs is 5. The van der Waals surface area contributed by atoms with E-state index >= 15 is 0 Å². The number of rotatable bonds is 3. The minimum Gasteiger partial charge on any atom is -0.465 e. The van der Waals surface area contributed by atoms with Crippen LogP contribution < -0.4 is 0 Å². The smallest absolute Gasteiger partial charge is 0.326 e. The Labute approximate surface area is 155 Å². The van der Waals surface area contributed by atoms with E-state index in [9.17, 15) is 4.79 Å². The van der Waals surface area contributed by atoms with Crippen molar-refractivity contribution in [2.45, 2.75) is 13.5 Å². The van der Waals surface area contributed by atoms with Gasteiger partial charge in [-0.05, 0) is 36.6 Å². The molecule has 5 aromatic rings. The maximum Gasteiger partial charge on any atom is 0.326 e. The van der Waals surface area contributed by atoms with E-state index in [1.54, 1.807) is 0 Å². The summed E-state index contributed by atoms with van der Waals surface area (Å²) in [5.74, 6) is -0.283.